The molecule has 1 N–H and O–H groups in total. The van der Waals surface area contributed by atoms with E-state index in [2.05, 4.69) is 27.9 Å². The Morgan fingerprint density at radius 2 is 1.71 bits per heavy atom. The highest BCUT2D eigenvalue weighted by Gasteiger charge is 2.30. The Labute approximate surface area is 225 Å². The van der Waals surface area contributed by atoms with Crippen LogP contribution in [-0.4, -0.2) is 50.0 Å². The van der Waals surface area contributed by atoms with Crippen molar-refractivity contribution in [1.82, 2.24) is 10.2 Å². The van der Waals surface area contributed by atoms with Crippen molar-refractivity contribution in [3.05, 3.63) is 61.6 Å². The average molecular weight is 640 g/mol. The van der Waals surface area contributed by atoms with Gasteiger partial charge >= 0.3 is 0 Å². The minimum absolute atomic E-state index is 0.00815. The summed E-state index contributed by atoms with van der Waals surface area (Å²) in [5.41, 5.74) is 0.945. The molecule has 0 aromatic heterocycles. The normalized spacial score (nSPS) is 13.1. The monoisotopic (exact) mass is 639 g/mol. The van der Waals surface area contributed by atoms with Crippen molar-refractivity contribution in [1.29, 1.82) is 0 Å². The van der Waals surface area contributed by atoms with Crippen LogP contribution in [0.2, 0.25) is 10.0 Å². The Morgan fingerprint density at radius 1 is 1.09 bits per heavy atom. The van der Waals surface area contributed by atoms with Crippen LogP contribution >= 0.6 is 45.8 Å². The molecule has 0 saturated carbocycles. The van der Waals surface area contributed by atoms with Crippen LogP contribution < -0.4 is 9.62 Å². The number of anilines is 1. The number of nitrogens with zero attached hydrogens (tertiary/aromatic N) is 2. The number of benzene rings is 2. The van der Waals surface area contributed by atoms with Crippen molar-refractivity contribution < 1.29 is 18.0 Å². The minimum atomic E-state index is -3.78. The van der Waals surface area contributed by atoms with Gasteiger partial charge < -0.3 is 10.2 Å². The van der Waals surface area contributed by atoms with Crippen LogP contribution in [0.3, 0.4) is 0 Å². The zero-order valence-corrected chi connectivity index (χ0v) is 23.9. The first kappa shape index (κ1) is 28.7. The highest BCUT2D eigenvalue weighted by Crippen LogP contribution is 2.24. The molecule has 0 radical (unpaired) electrons. The molecule has 11 heteroatoms. The Kier molecular flexibility index (Phi) is 10.5. The zero-order chi connectivity index (χ0) is 25.6. The summed E-state index contributed by atoms with van der Waals surface area (Å²) in [6.45, 7) is 4.96. The Morgan fingerprint density at radius 3 is 2.24 bits per heavy atom. The van der Waals surface area contributed by atoms with E-state index in [4.69, 9.17) is 23.2 Å². The summed E-state index contributed by atoms with van der Waals surface area (Å²) in [7, 11) is -3.78. The van der Waals surface area contributed by atoms with Crippen LogP contribution in [0, 0.1) is 3.57 Å². The topological polar surface area (TPSA) is 86.8 Å². The molecule has 2 amide bonds. The van der Waals surface area contributed by atoms with Crippen LogP contribution in [0.25, 0.3) is 0 Å². The molecule has 0 saturated heterocycles. The van der Waals surface area contributed by atoms with Crippen LogP contribution in [0.4, 0.5) is 5.69 Å². The standard InChI is InChI=1S/C23H28Cl2IN3O4S/c1-5-15(2)27-23(31)16(3)28(13-17-6-7-18(24)12-21(17)25)22(30)14-29(34(4,32)33)20-10-8-19(26)9-11-20/h6-12,15-16H,5,13-14H2,1-4H3,(H,27,31)/t15-,16+/m0/s1. The lowest BCUT2D eigenvalue weighted by molar-refractivity contribution is -0.139. The first-order valence-electron chi connectivity index (χ1n) is 10.6. The van der Waals surface area contributed by atoms with Gasteiger partial charge in [0.2, 0.25) is 21.8 Å². The van der Waals surface area contributed by atoms with Gasteiger partial charge in [0.25, 0.3) is 0 Å². The number of hydrogen-bond acceptors (Lipinski definition) is 4. The SMILES string of the molecule is CC[C@H](C)NC(=O)[C@@H](C)N(Cc1ccc(Cl)cc1Cl)C(=O)CN(c1ccc(I)cc1)S(C)(=O)=O. The molecule has 0 aliphatic rings. The van der Waals surface area contributed by atoms with Crippen LogP contribution in [-0.2, 0) is 26.2 Å². The molecule has 2 rings (SSSR count). The van der Waals surface area contributed by atoms with E-state index in [0.29, 0.717) is 21.3 Å². The van der Waals surface area contributed by atoms with Gasteiger partial charge in [-0.05, 0) is 84.8 Å². The van der Waals surface area contributed by atoms with E-state index >= 15 is 0 Å². The lowest BCUT2D eigenvalue weighted by Gasteiger charge is -2.32. The van der Waals surface area contributed by atoms with Gasteiger partial charge in [-0.25, -0.2) is 8.42 Å². The van der Waals surface area contributed by atoms with Crippen molar-refractivity contribution in [2.75, 3.05) is 17.1 Å². The lowest BCUT2D eigenvalue weighted by atomic mass is 10.1. The van der Waals surface area contributed by atoms with E-state index in [-0.39, 0.29) is 18.5 Å². The molecule has 34 heavy (non-hydrogen) atoms. The van der Waals surface area contributed by atoms with Crippen molar-refractivity contribution in [3.63, 3.8) is 0 Å². The summed E-state index contributed by atoms with van der Waals surface area (Å²) in [4.78, 5) is 27.7. The third-order valence-corrected chi connectivity index (χ3v) is 7.76. The lowest BCUT2D eigenvalue weighted by Crippen LogP contribution is -2.52. The summed E-state index contributed by atoms with van der Waals surface area (Å²) in [6.07, 6.45) is 1.77. The molecular formula is C23H28Cl2IN3O4S. The maximum Gasteiger partial charge on any atom is 0.244 e. The van der Waals surface area contributed by atoms with Crippen LogP contribution in [0.15, 0.2) is 42.5 Å². The highest BCUT2D eigenvalue weighted by molar-refractivity contribution is 14.1. The summed E-state index contributed by atoms with van der Waals surface area (Å²) >= 11 is 14.4. The third-order valence-electron chi connectivity index (χ3n) is 5.32. The molecule has 0 bridgehead atoms. The maximum atomic E-state index is 13.5. The van der Waals surface area contributed by atoms with Gasteiger partial charge in [0.05, 0.1) is 11.9 Å². The molecule has 2 aromatic carbocycles. The van der Waals surface area contributed by atoms with Crippen LogP contribution in [0.1, 0.15) is 32.8 Å². The fourth-order valence-corrected chi connectivity index (χ4v) is 4.78. The average Bonchev–Trinajstić information content (AvgIpc) is 2.76. The van der Waals surface area contributed by atoms with Gasteiger partial charge in [0.15, 0.2) is 0 Å². The smallest absolute Gasteiger partial charge is 0.244 e. The second-order valence-electron chi connectivity index (χ2n) is 8.00. The van der Waals surface area contributed by atoms with Crippen molar-refractivity contribution in [2.24, 2.45) is 0 Å². The van der Waals surface area contributed by atoms with E-state index in [9.17, 15) is 18.0 Å². The molecule has 0 aliphatic heterocycles. The van der Waals surface area contributed by atoms with Gasteiger partial charge in [-0.2, -0.15) is 0 Å². The number of sulfonamides is 1. The van der Waals surface area contributed by atoms with Crippen molar-refractivity contribution in [2.45, 2.75) is 45.8 Å². The fraction of sp³-hybridized carbons (Fsp3) is 0.391. The van der Waals surface area contributed by atoms with Gasteiger partial charge in [0, 0.05) is 26.2 Å². The number of carbonyl (C=O) groups excluding carboxylic acids is 2. The number of rotatable bonds is 10. The van der Waals surface area contributed by atoms with E-state index in [1.54, 1.807) is 49.4 Å². The molecule has 2 atom stereocenters. The Balaban J connectivity index is 2.41. The van der Waals surface area contributed by atoms with Gasteiger partial charge in [0.1, 0.15) is 12.6 Å². The van der Waals surface area contributed by atoms with Crippen molar-refractivity contribution in [3.8, 4) is 0 Å². The molecule has 186 valence electrons. The largest absolute Gasteiger partial charge is 0.352 e. The predicted octanol–water partition coefficient (Wildman–Crippen LogP) is 4.70. The summed E-state index contributed by atoms with van der Waals surface area (Å²) in [5.74, 6) is -0.880. The third kappa shape index (κ3) is 8.00. The second kappa shape index (κ2) is 12.4. The first-order valence-corrected chi connectivity index (χ1v) is 14.3. The molecule has 2 aromatic rings. The Bertz CT molecular complexity index is 1130. The number of halogens is 3. The highest BCUT2D eigenvalue weighted by atomic mass is 127. The van der Waals surface area contributed by atoms with E-state index in [1.807, 2.05) is 13.8 Å². The molecule has 0 aliphatic carbocycles. The van der Waals surface area contributed by atoms with Crippen LogP contribution in [0.5, 0.6) is 0 Å². The Hall–Kier alpha value is -1.56. The van der Waals surface area contributed by atoms with Gasteiger partial charge in [-0.3, -0.25) is 13.9 Å². The van der Waals surface area contributed by atoms with E-state index in [1.165, 1.54) is 4.90 Å². The fourth-order valence-electron chi connectivity index (χ4n) is 3.10. The van der Waals surface area contributed by atoms with Gasteiger partial charge in [-0.15, -0.1) is 0 Å². The minimum Gasteiger partial charge on any atom is -0.352 e. The molecule has 0 spiro atoms. The molecular weight excluding hydrogens is 612 g/mol. The number of carbonyl (C=O) groups is 2. The first-order chi connectivity index (χ1) is 15.8. The number of nitrogens with one attached hydrogen (secondary N) is 1. The summed E-state index contributed by atoms with van der Waals surface area (Å²) < 4.78 is 27.1. The second-order valence-corrected chi connectivity index (χ2v) is 12.0. The quantitative estimate of drug-likeness (QED) is 0.382. The van der Waals surface area contributed by atoms with E-state index < -0.39 is 28.5 Å². The number of amides is 2. The molecule has 0 fully saturated rings. The maximum absolute atomic E-state index is 13.5. The number of hydrogen-bond donors (Lipinski definition) is 1. The molecule has 0 heterocycles. The van der Waals surface area contributed by atoms with Crippen molar-refractivity contribution >= 4 is 73.3 Å². The molecule has 0 unspecified atom stereocenters. The molecule has 7 nitrogen and oxygen atoms in total. The summed E-state index contributed by atoms with van der Waals surface area (Å²) in [5, 5.41) is 3.66. The summed E-state index contributed by atoms with van der Waals surface area (Å²) in [6, 6.07) is 10.7. The zero-order valence-electron chi connectivity index (χ0n) is 19.4. The van der Waals surface area contributed by atoms with E-state index in [0.717, 1.165) is 20.6 Å². The van der Waals surface area contributed by atoms with Gasteiger partial charge in [-0.1, -0.05) is 36.2 Å². The predicted molar refractivity (Wildman–Crippen MR) is 146 cm³/mol.